The molecular weight excluding hydrogens is 246 g/mol. The van der Waals surface area contributed by atoms with Crippen LogP contribution in [0, 0.1) is 0 Å². The average molecular weight is 255 g/mol. The van der Waals surface area contributed by atoms with E-state index >= 15 is 0 Å². The standard InChI is InChI=1S/C9H9N3S3/c13-11-7-1-3-8(4-2-7)15-12-9-10-5-6-14-9/h1-6,11,13H,(H,10,12). The molecule has 0 aliphatic carbocycles. The topological polar surface area (TPSA) is 37.0 Å². The van der Waals surface area contributed by atoms with Gasteiger partial charge in [0.15, 0.2) is 5.13 Å². The number of nitrogens with one attached hydrogen (secondary N) is 2. The number of thiol groups is 1. The van der Waals surface area contributed by atoms with Crippen LogP contribution >= 0.6 is 36.1 Å². The van der Waals surface area contributed by atoms with Gasteiger partial charge in [-0.25, -0.2) is 4.98 Å². The molecule has 0 saturated heterocycles. The zero-order valence-corrected chi connectivity index (χ0v) is 10.2. The van der Waals surface area contributed by atoms with Crippen LogP contribution in [0.15, 0.2) is 40.7 Å². The van der Waals surface area contributed by atoms with Crippen molar-refractivity contribution in [1.29, 1.82) is 0 Å². The van der Waals surface area contributed by atoms with Crippen molar-refractivity contribution in [2.75, 3.05) is 9.44 Å². The van der Waals surface area contributed by atoms with E-state index in [0.29, 0.717) is 0 Å². The Balaban J connectivity index is 1.93. The molecule has 0 spiro atoms. The van der Waals surface area contributed by atoms with Crippen LogP contribution in [0.5, 0.6) is 0 Å². The Morgan fingerprint density at radius 3 is 2.67 bits per heavy atom. The molecule has 2 N–H and O–H groups in total. The van der Waals surface area contributed by atoms with E-state index in [4.69, 9.17) is 0 Å². The van der Waals surface area contributed by atoms with Crippen LogP contribution in [0.25, 0.3) is 0 Å². The average Bonchev–Trinajstić information content (AvgIpc) is 2.80. The Labute approximate surface area is 102 Å². The minimum atomic E-state index is 0.913. The van der Waals surface area contributed by atoms with E-state index in [1.165, 1.54) is 0 Å². The zero-order chi connectivity index (χ0) is 10.5. The van der Waals surface area contributed by atoms with Crippen LogP contribution < -0.4 is 9.44 Å². The second kappa shape index (κ2) is 5.29. The number of nitrogens with zero attached hydrogens (tertiary/aromatic N) is 1. The molecule has 0 fully saturated rings. The van der Waals surface area contributed by atoms with Gasteiger partial charge in [0.25, 0.3) is 0 Å². The number of thiazole rings is 1. The summed E-state index contributed by atoms with van der Waals surface area (Å²) in [5.74, 6) is 0. The van der Waals surface area contributed by atoms with Crippen molar-refractivity contribution in [3.05, 3.63) is 35.8 Å². The Morgan fingerprint density at radius 2 is 2.07 bits per heavy atom. The van der Waals surface area contributed by atoms with Crippen LogP contribution in [0.1, 0.15) is 0 Å². The minimum absolute atomic E-state index is 0.913. The van der Waals surface area contributed by atoms with Gasteiger partial charge < -0.3 is 9.44 Å². The Morgan fingerprint density at radius 1 is 1.27 bits per heavy atom. The molecule has 78 valence electrons. The number of anilines is 2. The molecular formula is C9H9N3S3. The third kappa shape index (κ3) is 3.05. The fraction of sp³-hybridized carbons (Fsp3) is 0. The summed E-state index contributed by atoms with van der Waals surface area (Å²) < 4.78 is 5.94. The van der Waals surface area contributed by atoms with Crippen molar-refractivity contribution in [3.63, 3.8) is 0 Å². The molecule has 0 aliphatic heterocycles. The summed E-state index contributed by atoms with van der Waals surface area (Å²) in [7, 11) is 0. The molecule has 0 aliphatic rings. The third-order valence-corrected chi connectivity index (χ3v) is 3.55. The number of hydrogen-bond donors (Lipinski definition) is 3. The summed E-state index contributed by atoms with van der Waals surface area (Å²) >= 11 is 7.09. The molecule has 1 aromatic carbocycles. The summed E-state index contributed by atoms with van der Waals surface area (Å²) in [5, 5.41) is 2.85. The third-order valence-electron chi connectivity index (χ3n) is 1.67. The maximum absolute atomic E-state index is 4.13. The van der Waals surface area contributed by atoms with Crippen LogP contribution in [0.4, 0.5) is 10.8 Å². The fourth-order valence-electron chi connectivity index (χ4n) is 0.974. The normalized spacial score (nSPS) is 9.93. The van der Waals surface area contributed by atoms with Crippen molar-refractivity contribution < 1.29 is 0 Å². The van der Waals surface area contributed by atoms with Gasteiger partial charge >= 0.3 is 0 Å². The van der Waals surface area contributed by atoms with Gasteiger partial charge in [-0.1, -0.05) is 12.8 Å². The van der Waals surface area contributed by atoms with Crippen molar-refractivity contribution >= 4 is 46.9 Å². The second-order valence-corrected chi connectivity index (χ2v) is 4.68. The smallest absolute Gasteiger partial charge is 0.192 e. The summed E-state index contributed by atoms with van der Waals surface area (Å²) in [4.78, 5) is 5.26. The molecule has 1 aromatic heterocycles. The van der Waals surface area contributed by atoms with Crippen molar-refractivity contribution in [2.24, 2.45) is 0 Å². The fourth-order valence-corrected chi connectivity index (χ4v) is 2.34. The summed E-state index contributed by atoms with van der Waals surface area (Å²) in [6.07, 6.45) is 1.78. The summed E-state index contributed by atoms with van der Waals surface area (Å²) in [6.45, 7) is 0. The first-order valence-electron chi connectivity index (χ1n) is 4.21. The first-order valence-corrected chi connectivity index (χ1v) is 6.35. The van der Waals surface area contributed by atoms with E-state index in [9.17, 15) is 0 Å². The van der Waals surface area contributed by atoms with Gasteiger partial charge in [-0.05, 0) is 36.2 Å². The van der Waals surface area contributed by atoms with Crippen molar-refractivity contribution in [3.8, 4) is 0 Å². The van der Waals surface area contributed by atoms with Gasteiger partial charge in [-0.15, -0.1) is 11.3 Å². The molecule has 3 nitrogen and oxygen atoms in total. The highest BCUT2D eigenvalue weighted by Crippen LogP contribution is 2.23. The van der Waals surface area contributed by atoms with Gasteiger partial charge in [0.1, 0.15) is 0 Å². The summed E-state index contributed by atoms with van der Waals surface area (Å²) in [5.41, 5.74) is 0.983. The lowest BCUT2D eigenvalue weighted by molar-refractivity contribution is 1.42. The highest BCUT2D eigenvalue weighted by molar-refractivity contribution is 8.00. The molecule has 0 atom stereocenters. The van der Waals surface area contributed by atoms with Gasteiger partial charge in [-0.2, -0.15) is 0 Å². The predicted octanol–water partition coefficient (Wildman–Crippen LogP) is 3.52. The lowest BCUT2D eigenvalue weighted by atomic mass is 10.3. The van der Waals surface area contributed by atoms with Crippen molar-refractivity contribution in [1.82, 2.24) is 4.98 Å². The molecule has 0 radical (unpaired) electrons. The highest BCUT2D eigenvalue weighted by atomic mass is 32.2. The molecule has 0 amide bonds. The minimum Gasteiger partial charge on any atom is -0.332 e. The first-order chi connectivity index (χ1) is 7.38. The highest BCUT2D eigenvalue weighted by Gasteiger charge is 1.96. The molecule has 2 aromatic rings. The van der Waals surface area contributed by atoms with Gasteiger partial charge in [0, 0.05) is 22.2 Å². The molecule has 0 unspecified atom stereocenters. The lowest BCUT2D eigenvalue weighted by Gasteiger charge is -2.02. The summed E-state index contributed by atoms with van der Waals surface area (Å²) in [6, 6.07) is 7.98. The van der Waals surface area contributed by atoms with Crippen molar-refractivity contribution in [2.45, 2.75) is 4.90 Å². The van der Waals surface area contributed by atoms with Crippen LogP contribution in [-0.2, 0) is 0 Å². The predicted molar refractivity (Wildman–Crippen MR) is 70.6 cm³/mol. The molecule has 15 heavy (non-hydrogen) atoms. The molecule has 0 saturated carbocycles. The van der Waals surface area contributed by atoms with Crippen LogP contribution in [0.3, 0.4) is 0 Å². The lowest BCUT2D eigenvalue weighted by Crippen LogP contribution is -1.85. The number of hydrogen-bond acceptors (Lipinski definition) is 6. The monoisotopic (exact) mass is 255 g/mol. The molecule has 6 heteroatoms. The van der Waals surface area contributed by atoms with Gasteiger partial charge in [0.05, 0.1) is 0 Å². The quantitative estimate of drug-likeness (QED) is 0.577. The largest absolute Gasteiger partial charge is 0.332 e. The Hall–Kier alpha value is -0.850. The van der Waals surface area contributed by atoms with Gasteiger partial charge in [0.2, 0.25) is 0 Å². The van der Waals surface area contributed by atoms with E-state index in [-0.39, 0.29) is 0 Å². The SMILES string of the molecule is SNc1ccc(SNc2nccs2)cc1. The van der Waals surface area contributed by atoms with E-state index in [1.54, 1.807) is 29.5 Å². The zero-order valence-electron chi connectivity index (χ0n) is 7.68. The van der Waals surface area contributed by atoms with Crippen LogP contribution in [-0.4, -0.2) is 4.98 Å². The van der Waals surface area contributed by atoms with E-state index in [2.05, 4.69) is 27.2 Å². The molecule has 2 rings (SSSR count). The second-order valence-electron chi connectivity index (χ2n) is 2.68. The van der Waals surface area contributed by atoms with Crippen LogP contribution in [0.2, 0.25) is 0 Å². The Kier molecular flexibility index (Phi) is 3.76. The van der Waals surface area contributed by atoms with E-state index < -0.39 is 0 Å². The maximum atomic E-state index is 4.13. The Bertz CT molecular complexity index is 399. The maximum Gasteiger partial charge on any atom is 0.192 e. The first kappa shape index (κ1) is 10.7. The molecule has 0 bridgehead atoms. The van der Waals surface area contributed by atoms with E-state index in [1.807, 2.05) is 29.6 Å². The van der Waals surface area contributed by atoms with E-state index in [0.717, 1.165) is 15.7 Å². The number of benzene rings is 1. The molecule has 1 heterocycles. The number of aromatic nitrogens is 1. The number of rotatable bonds is 4. The van der Waals surface area contributed by atoms with Gasteiger partial charge in [-0.3, -0.25) is 0 Å².